The van der Waals surface area contributed by atoms with E-state index in [2.05, 4.69) is 24.1 Å². The maximum Gasteiger partial charge on any atom is 0.261 e. The van der Waals surface area contributed by atoms with E-state index >= 15 is 0 Å². The average Bonchev–Trinajstić information content (AvgIpc) is 2.53. The minimum absolute atomic E-state index is 0.0255. The van der Waals surface area contributed by atoms with E-state index in [1.54, 1.807) is 6.07 Å². The summed E-state index contributed by atoms with van der Waals surface area (Å²) < 4.78 is 1.51. The molecule has 0 saturated heterocycles. The van der Waals surface area contributed by atoms with Crippen LogP contribution in [-0.2, 0) is 11.3 Å². The van der Waals surface area contributed by atoms with Crippen LogP contribution in [0.4, 0.5) is 0 Å². The van der Waals surface area contributed by atoms with Crippen molar-refractivity contribution in [1.82, 2.24) is 14.9 Å². The van der Waals surface area contributed by atoms with Crippen LogP contribution in [0, 0.1) is 12.8 Å². The lowest BCUT2D eigenvalue weighted by Gasteiger charge is -2.15. The van der Waals surface area contributed by atoms with Crippen molar-refractivity contribution in [3.8, 4) is 0 Å². The number of nitrogens with one attached hydrogen (secondary N) is 1. The second-order valence-corrected chi connectivity index (χ2v) is 6.90. The van der Waals surface area contributed by atoms with E-state index < -0.39 is 0 Å². The van der Waals surface area contributed by atoms with Gasteiger partial charge in [0.05, 0.1) is 17.2 Å². The number of aryl methyl sites for hydroxylation is 2. The largest absolute Gasteiger partial charge is 0.354 e. The van der Waals surface area contributed by atoms with Crippen LogP contribution in [0.5, 0.6) is 0 Å². The summed E-state index contributed by atoms with van der Waals surface area (Å²) in [5.41, 5.74) is 1.61. The molecule has 130 valence electrons. The van der Waals surface area contributed by atoms with E-state index in [4.69, 9.17) is 0 Å². The van der Waals surface area contributed by atoms with E-state index in [-0.39, 0.29) is 23.9 Å². The van der Waals surface area contributed by atoms with Gasteiger partial charge in [-0.2, -0.15) is 0 Å². The Morgan fingerprint density at radius 3 is 2.71 bits per heavy atom. The number of hydrogen-bond donors (Lipinski definition) is 1. The molecule has 0 aliphatic carbocycles. The third-order valence-corrected chi connectivity index (χ3v) is 4.22. The molecule has 0 aliphatic heterocycles. The summed E-state index contributed by atoms with van der Waals surface area (Å²) in [5.74, 6) is 0.609. The molecule has 0 bridgehead atoms. The van der Waals surface area contributed by atoms with Crippen LogP contribution >= 0.6 is 0 Å². The van der Waals surface area contributed by atoms with Crippen molar-refractivity contribution in [1.29, 1.82) is 0 Å². The first-order chi connectivity index (χ1) is 11.4. The third-order valence-electron chi connectivity index (χ3n) is 4.22. The van der Waals surface area contributed by atoms with Crippen molar-refractivity contribution in [2.75, 3.05) is 0 Å². The van der Waals surface area contributed by atoms with Gasteiger partial charge in [0.2, 0.25) is 5.91 Å². The minimum atomic E-state index is -0.0932. The number of rotatable bonds is 7. The van der Waals surface area contributed by atoms with Gasteiger partial charge in [-0.3, -0.25) is 14.2 Å². The molecule has 0 radical (unpaired) electrons. The summed E-state index contributed by atoms with van der Waals surface area (Å²) >= 11 is 0. The molecule has 1 atom stereocenters. The topological polar surface area (TPSA) is 64.0 Å². The highest BCUT2D eigenvalue weighted by Crippen LogP contribution is 2.11. The number of hydrogen-bond acceptors (Lipinski definition) is 3. The lowest BCUT2D eigenvalue weighted by atomic mass is 10.0. The standard InChI is InChI=1S/C19H27N3O2/c1-13(2)8-9-15(4)21-17(23)10-11-22-12-20-18-14(3)6-5-7-16(18)19(22)24/h5-7,12-13,15H,8-11H2,1-4H3,(H,21,23)/t15-/m1/s1. The van der Waals surface area contributed by atoms with Gasteiger partial charge in [-0.25, -0.2) is 4.98 Å². The molecule has 0 spiro atoms. The van der Waals surface area contributed by atoms with E-state index in [0.29, 0.717) is 17.8 Å². The second-order valence-electron chi connectivity index (χ2n) is 6.90. The van der Waals surface area contributed by atoms with Gasteiger partial charge in [0, 0.05) is 19.0 Å². The smallest absolute Gasteiger partial charge is 0.261 e. The Bertz CT molecular complexity index is 765. The summed E-state index contributed by atoms with van der Waals surface area (Å²) in [4.78, 5) is 28.9. The van der Waals surface area contributed by atoms with Crippen LogP contribution in [0.15, 0.2) is 29.3 Å². The van der Waals surface area contributed by atoms with Crippen molar-refractivity contribution in [2.45, 2.75) is 59.5 Å². The lowest BCUT2D eigenvalue weighted by molar-refractivity contribution is -0.122. The maximum absolute atomic E-state index is 12.5. The Kier molecular flexibility index (Phi) is 6.12. The number of para-hydroxylation sites is 1. The molecule has 5 heteroatoms. The summed E-state index contributed by atoms with van der Waals surface area (Å²) in [7, 11) is 0. The zero-order valence-corrected chi connectivity index (χ0v) is 15.0. The number of nitrogens with zero attached hydrogens (tertiary/aromatic N) is 2. The normalized spacial score (nSPS) is 12.5. The highest BCUT2D eigenvalue weighted by atomic mass is 16.2. The molecule has 1 aromatic carbocycles. The Hall–Kier alpha value is -2.17. The molecular formula is C19H27N3O2. The molecule has 0 unspecified atom stereocenters. The van der Waals surface area contributed by atoms with Crippen LogP contribution in [0.2, 0.25) is 0 Å². The number of amides is 1. The van der Waals surface area contributed by atoms with Gasteiger partial charge in [-0.05, 0) is 44.2 Å². The quantitative estimate of drug-likeness (QED) is 0.849. The average molecular weight is 329 g/mol. The maximum atomic E-state index is 12.5. The number of carbonyl (C=O) groups excluding carboxylic acids is 1. The van der Waals surface area contributed by atoms with E-state index in [1.165, 1.54) is 10.9 Å². The van der Waals surface area contributed by atoms with Gasteiger partial charge in [0.15, 0.2) is 0 Å². The van der Waals surface area contributed by atoms with E-state index in [9.17, 15) is 9.59 Å². The Morgan fingerprint density at radius 2 is 2.00 bits per heavy atom. The second kappa shape index (κ2) is 8.08. The fourth-order valence-electron chi connectivity index (χ4n) is 2.72. The molecule has 0 fully saturated rings. The van der Waals surface area contributed by atoms with Gasteiger partial charge >= 0.3 is 0 Å². The van der Waals surface area contributed by atoms with Crippen molar-refractivity contribution in [2.24, 2.45) is 5.92 Å². The highest BCUT2D eigenvalue weighted by Gasteiger charge is 2.10. The first-order valence-corrected chi connectivity index (χ1v) is 8.62. The molecular weight excluding hydrogens is 302 g/mol. The molecule has 0 saturated carbocycles. The van der Waals surface area contributed by atoms with Crippen LogP contribution in [0.1, 0.15) is 45.6 Å². The van der Waals surface area contributed by atoms with Gasteiger partial charge in [0.1, 0.15) is 0 Å². The zero-order valence-electron chi connectivity index (χ0n) is 15.0. The predicted octanol–water partition coefficient (Wildman–Crippen LogP) is 3.04. The molecule has 24 heavy (non-hydrogen) atoms. The zero-order chi connectivity index (χ0) is 17.7. The van der Waals surface area contributed by atoms with Crippen LogP contribution in [0.25, 0.3) is 10.9 Å². The van der Waals surface area contributed by atoms with Gasteiger partial charge in [-0.15, -0.1) is 0 Å². The minimum Gasteiger partial charge on any atom is -0.354 e. The van der Waals surface area contributed by atoms with E-state index in [1.807, 2.05) is 26.0 Å². The SMILES string of the molecule is Cc1cccc2c(=O)n(CCC(=O)N[C@H](C)CCC(C)C)cnc12. The molecule has 5 nitrogen and oxygen atoms in total. The van der Waals surface area contributed by atoms with Crippen molar-refractivity contribution < 1.29 is 4.79 Å². The summed E-state index contributed by atoms with van der Waals surface area (Å²) in [6.45, 7) is 8.65. The summed E-state index contributed by atoms with van der Waals surface area (Å²) in [6, 6.07) is 5.73. The van der Waals surface area contributed by atoms with E-state index in [0.717, 1.165) is 23.9 Å². The number of benzene rings is 1. The fraction of sp³-hybridized carbons (Fsp3) is 0.526. The Morgan fingerprint density at radius 1 is 1.25 bits per heavy atom. The molecule has 1 N–H and O–H groups in total. The lowest BCUT2D eigenvalue weighted by Crippen LogP contribution is -2.34. The van der Waals surface area contributed by atoms with Gasteiger partial charge in [-0.1, -0.05) is 26.0 Å². The third kappa shape index (κ3) is 4.66. The Balaban J connectivity index is 1.97. The number of carbonyl (C=O) groups is 1. The predicted molar refractivity (Wildman–Crippen MR) is 97.0 cm³/mol. The molecule has 0 aliphatic rings. The Labute approximate surface area is 143 Å². The van der Waals surface area contributed by atoms with Crippen LogP contribution < -0.4 is 10.9 Å². The van der Waals surface area contributed by atoms with Gasteiger partial charge in [0.25, 0.3) is 5.56 Å². The molecule has 1 aromatic heterocycles. The highest BCUT2D eigenvalue weighted by molar-refractivity contribution is 5.80. The first kappa shape index (κ1) is 18.2. The molecule has 2 rings (SSSR count). The number of aromatic nitrogens is 2. The van der Waals surface area contributed by atoms with Crippen LogP contribution in [0.3, 0.4) is 0 Å². The van der Waals surface area contributed by atoms with Crippen molar-refractivity contribution in [3.63, 3.8) is 0 Å². The van der Waals surface area contributed by atoms with Crippen molar-refractivity contribution >= 4 is 16.8 Å². The first-order valence-electron chi connectivity index (χ1n) is 8.62. The summed E-state index contributed by atoms with van der Waals surface area (Å²) in [6.07, 6.45) is 3.88. The van der Waals surface area contributed by atoms with Crippen LogP contribution in [-0.4, -0.2) is 21.5 Å². The fourth-order valence-corrected chi connectivity index (χ4v) is 2.72. The molecule has 1 amide bonds. The monoisotopic (exact) mass is 329 g/mol. The van der Waals surface area contributed by atoms with Crippen molar-refractivity contribution in [3.05, 3.63) is 40.4 Å². The molecule has 1 heterocycles. The van der Waals surface area contributed by atoms with Gasteiger partial charge < -0.3 is 5.32 Å². The molecule has 2 aromatic rings. The number of fused-ring (bicyclic) bond motifs is 1. The summed E-state index contributed by atoms with van der Waals surface area (Å²) in [5, 5.41) is 3.60.